The van der Waals surface area contributed by atoms with Gasteiger partial charge in [-0.1, -0.05) is 23.5 Å². The summed E-state index contributed by atoms with van der Waals surface area (Å²) in [7, 11) is 3.32. The standard InChI is InChI=1S/C28H33N5O4S/c1-28(2,3)37-27(36)32(5)15-7-6-14-30-25(35)20-12-13-22-23(16-20)38-26-31-21(17-33(22)26)18-8-10-19(11-9-18)24(34)29-4/h8-13,16-17H,6-7,14-15H2,1-5H3,(H,29,34)(H,30,35). The van der Waals surface area contributed by atoms with Gasteiger partial charge in [-0.05, 0) is 63.9 Å². The lowest BCUT2D eigenvalue weighted by atomic mass is 10.1. The minimum atomic E-state index is -0.518. The number of aromatic nitrogens is 2. The number of unbranched alkanes of at least 4 members (excludes halogenated alkanes) is 1. The second-order valence-corrected chi connectivity index (χ2v) is 11.1. The summed E-state index contributed by atoms with van der Waals surface area (Å²) in [5, 5.41) is 5.58. The second-order valence-electron chi connectivity index (χ2n) is 10.1. The number of benzene rings is 2. The molecule has 0 aliphatic heterocycles. The number of hydrogen-bond acceptors (Lipinski definition) is 6. The number of imidazole rings is 1. The fourth-order valence-electron chi connectivity index (χ4n) is 3.93. The van der Waals surface area contributed by atoms with Gasteiger partial charge in [0.2, 0.25) is 0 Å². The highest BCUT2D eigenvalue weighted by molar-refractivity contribution is 7.23. The number of rotatable bonds is 8. The van der Waals surface area contributed by atoms with Gasteiger partial charge in [-0.25, -0.2) is 9.78 Å². The lowest BCUT2D eigenvalue weighted by molar-refractivity contribution is 0.0296. The maximum absolute atomic E-state index is 12.7. The monoisotopic (exact) mass is 535 g/mol. The quantitative estimate of drug-likeness (QED) is 0.311. The molecule has 0 atom stereocenters. The van der Waals surface area contributed by atoms with Crippen LogP contribution in [0.15, 0.2) is 48.7 Å². The minimum absolute atomic E-state index is 0.126. The highest BCUT2D eigenvalue weighted by Crippen LogP contribution is 2.30. The molecule has 0 saturated heterocycles. The number of amides is 3. The fourth-order valence-corrected chi connectivity index (χ4v) is 4.97. The third-order valence-corrected chi connectivity index (χ3v) is 6.95. The Kier molecular flexibility index (Phi) is 8.01. The van der Waals surface area contributed by atoms with E-state index >= 15 is 0 Å². The molecular weight excluding hydrogens is 502 g/mol. The van der Waals surface area contributed by atoms with Crippen LogP contribution >= 0.6 is 11.3 Å². The molecule has 2 aromatic carbocycles. The number of fused-ring (bicyclic) bond motifs is 3. The number of nitrogens with one attached hydrogen (secondary N) is 2. The number of ether oxygens (including phenoxy) is 1. The van der Waals surface area contributed by atoms with E-state index in [1.807, 2.05) is 61.7 Å². The van der Waals surface area contributed by atoms with Gasteiger partial charge in [-0.15, -0.1) is 0 Å². The molecule has 0 aliphatic carbocycles. The van der Waals surface area contributed by atoms with E-state index in [1.165, 1.54) is 11.3 Å². The van der Waals surface area contributed by atoms with E-state index in [9.17, 15) is 14.4 Å². The molecule has 200 valence electrons. The zero-order chi connectivity index (χ0) is 27.4. The molecule has 0 unspecified atom stereocenters. The van der Waals surface area contributed by atoms with Gasteiger partial charge >= 0.3 is 6.09 Å². The molecule has 0 fully saturated rings. The van der Waals surface area contributed by atoms with E-state index in [-0.39, 0.29) is 17.9 Å². The largest absolute Gasteiger partial charge is 0.444 e. The van der Waals surface area contributed by atoms with Gasteiger partial charge in [0.25, 0.3) is 11.8 Å². The highest BCUT2D eigenvalue weighted by Gasteiger charge is 2.19. The summed E-state index contributed by atoms with van der Waals surface area (Å²) in [6, 6.07) is 13.0. The summed E-state index contributed by atoms with van der Waals surface area (Å²) in [5.74, 6) is -0.255. The molecule has 2 aromatic heterocycles. The number of carbonyl (C=O) groups excluding carboxylic acids is 3. The first-order valence-electron chi connectivity index (χ1n) is 12.5. The van der Waals surface area contributed by atoms with Gasteiger partial charge in [-0.3, -0.25) is 14.0 Å². The third-order valence-electron chi connectivity index (χ3n) is 5.94. The molecule has 2 N–H and O–H groups in total. The summed E-state index contributed by atoms with van der Waals surface area (Å²) in [5.41, 5.74) is 3.40. The predicted octanol–water partition coefficient (Wildman–Crippen LogP) is 4.95. The first-order valence-corrected chi connectivity index (χ1v) is 13.3. The minimum Gasteiger partial charge on any atom is -0.444 e. The van der Waals surface area contributed by atoms with E-state index in [1.54, 1.807) is 31.1 Å². The van der Waals surface area contributed by atoms with Crippen LogP contribution in [-0.4, -0.2) is 65.0 Å². The van der Waals surface area contributed by atoms with Crippen LogP contribution in [0, 0.1) is 0 Å². The van der Waals surface area contributed by atoms with E-state index in [0.717, 1.165) is 39.3 Å². The number of thiazole rings is 1. The number of hydrogen-bond donors (Lipinski definition) is 2. The zero-order valence-corrected chi connectivity index (χ0v) is 23.1. The van der Waals surface area contributed by atoms with Gasteiger partial charge < -0.3 is 20.3 Å². The van der Waals surface area contributed by atoms with Crippen LogP contribution in [0.4, 0.5) is 4.79 Å². The summed E-state index contributed by atoms with van der Waals surface area (Å²) in [4.78, 5) is 43.6. The van der Waals surface area contributed by atoms with Gasteiger partial charge in [0.05, 0.1) is 15.9 Å². The molecule has 0 radical (unpaired) electrons. The van der Waals surface area contributed by atoms with E-state index < -0.39 is 5.60 Å². The molecule has 0 spiro atoms. The van der Waals surface area contributed by atoms with Gasteiger partial charge in [0, 0.05) is 50.1 Å². The summed E-state index contributed by atoms with van der Waals surface area (Å²) in [6.07, 6.45) is 3.13. The van der Waals surface area contributed by atoms with Gasteiger partial charge in [0.15, 0.2) is 4.96 Å². The Morgan fingerprint density at radius 1 is 1.03 bits per heavy atom. The molecule has 38 heavy (non-hydrogen) atoms. The average molecular weight is 536 g/mol. The summed E-state index contributed by atoms with van der Waals surface area (Å²) in [6.45, 7) is 6.61. The molecule has 4 aromatic rings. The van der Waals surface area contributed by atoms with Crippen molar-refractivity contribution in [1.29, 1.82) is 0 Å². The molecular formula is C28H33N5O4S. The van der Waals surface area contributed by atoms with Crippen molar-refractivity contribution in [1.82, 2.24) is 24.9 Å². The van der Waals surface area contributed by atoms with Crippen LogP contribution in [0.5, 0.6) is 0 Å². The average Bonchev–Trinajstić information content (AvgIpc) is 3.44. The van der Waals surface area contributed by atoms with E-state index in [4.69, 9.17) is 9.72 Å². The maximum Gasteiger partial charge on any atom is 0.410 e. The molecule has 9 nitrogen and oxygen atoms in total. The van der Waals surface area contributed by atoms with Crippen molar-refractivity contribution in [2.24, 2.45) is 0 Å². The van der Waals surface area contributed by atoms with Crippen LogP contribution in [0.1, 0.15) is 54.3 Å². The second kappa shape index (κ2) is 11.2. The molecule has 0 saturated carbocycles. The van der Waals surface area contributed by atoms with Crippen molar-refractivity contribution in [2.45, 2.75) is 39.2 Å². The van der Waals surface area contributed by atoms with Crippen molar-refractivity contribution in [3.05, 3.63) is 59.8 Å². The van der Waals surface area contributed by atoms with Crippen LogP contribution in [-0.2, 0) is 4.74 Å². The normalized spacial score (nSPS) is 11.5. The van der Waals surface area contributed by atoms with Crippen LogP contribution in [0.25, 0.3) is 26.4 Å². The molecule has 2 heterocycles. The zero-order valence-electron chi connectivity index (χ0n) is 22.3. The Hall–Kier alpha value is -3.92. The van der Waals surface area contributed by atoms with Crippen molar-refractivity contribution in [3.8, 4) is 11.3 Å². The smallest absolute Gasteiger partial charge is 0.410 e. The van der Waals surface area contributed by atoms with Crippen molar-refractivity contribution < 1.29 is 19.1 Å². The third kappa shape index (κ3) is 6.31. The lowest BCUT2D eigenvalue weighted by Crippen LogP contribution is -2.35. The van der Waals surface area contributed by atoms with Gasteiger partial charge in [0.1, 0.15) is 5.60 Å². The van der Waals surface area contributed by atoms with E-state index in [2.05, 4.69) is 10.6 Å². The Morgan fingerprint density at radius 3 is 2.42 bits per heavy atom. The molecule has 0 aliphatic rings. The first-order chi connectivity index (χ1) is 18.1. The Labute approximate surface area is 225 Å². The van der Waals surface area contributed by atoms with Crippen LogP contribution < -0.4 is 10.6 Å². The summed E-state index contributed by atoms with van der Waals surface area (Å²) < 4.78 is 8.34. The van der Waals surface area contributed by atoms with Crippen LogP contribution in [0.3, 0.4) is 0 Å². The number of nitrogens with zero attached hydrogens (tertiary/aromatic N) is 3. The molecule has 3 amide bonds. The number of carbonyl (C=O) groups is 3. The Morgan fingerprint density at radius 2 is 1.74 bits per heavy atom. The van der Waals surface area contributed by atoms with Crippen molar-refractivity contribution >= 4 is 44.4 Å². The SMILES string of the molecule is CNC(=O)c1ccc(-c2cn3c(n2)sc2cc(C(=O)NCCCCN(C)C(=O)OC(C)(C)C)ccc23)cc1. The molecule has 10 heteroatoms. The molecule has 4 rings (SSSR count). The first kappa shape index (κ1) is 27.1. The highest BCUT2D eigenvalue weighted by atomic mass is 32.1. The van der Waals surface area contributed by atoms with E-state index in [0.29, 0.717) is 24.2 Å². The topological polar surface area (TPSA) is 105 Å². The summed E-state index contributed by atoms with van der Waals surface area (Å²) >= 11 is 1.52. The van der Waals surface area contributed by atoms with Crippen LogP contribution in [0.2, 0.25) is 0 Å². The Bertz CT molecular complexity index is 1470. The predicted molar refractivity (Wildman–Crippen MR) is 150 cm³/mol. The van der Waals surface area contributed by atoms with Crippen molar-refractivity contribution in [3.63, 3.8) is 0 Å². The lowest BCUT2D eigenvalue weighted by Gasteiger charge is -2.24. The Balaban J connectivity index is 1.33. The van der Waals surface area contributed by atoms with Crippen molar-refractivity contribution in [2.75, 3.05) is 27.2 Å². The van der Waals surface area contributed by atoms with Gasteiger partial charge in [-0.2, -0.15) is 0 Å². The maximum atomic E-state index is 12.7. The molecule has 0 bridgehead atoms. The fraction of sp³-hybridized carbons (Fsp3) is 0.357.